The smallest absolute Gasteiger partial charge is 0.224 e. The summed E-state index contributed by atoms with van der Waals surface area (Å²) in [6.07, 6.45) is 0. The number of nitrogens with zero attached hydrogens (tertiary/aromatic N) is 2. The largest absolute Gasteiger partial charge is 0.438 e. The van der Waals surface area contributed by atoms with Gasteiger partial charge >= 0.3 is 0 Å². The molecule has 0 saturated heterocycles. The maximum absolute atomic E-state index is 13.5. The van der Waals surface area contributed by atoms with Crippen LogP contribution in [0.5, 0.6) is 11.6 Å². The number of rotatable bonds is 2. The first kappa shape index (κ1) is 16.5. The fraction of sp³-hybridized carbons (Fsp3) is 0.286. The highest BCUT2D eigenvalue weighted by molar-refractivity contribution is 9.10. The predicted octanol–water partition coefficient (Wildman–Crippen LogP) is 5.77. The average Bonchev–Trinajstić information content (AvgIpc) is 2.34. The van der Waals surface area contributed by atoms with Crippen LogP contribution in [0.4, 0.5) is 4.39 Å². The Morgan fingerprint density at radius 3 is 2.43 bits per heavy atom. The van der Waals surface area contributed by atoms with Crippen molar-refractivity contribution in [2.24, 2.45) is 0 Å². The standard InChI is InChI=1S/C14H12BrCl2FN2O/c1-14(2,3)13-19-11(17)6-12(20-13)21-10-5-9(18)8(16)4-7(10)15/h4-6H,1-3H3. The second-order valence-corrected chi connectivity index (χ2v) is 7.05. The van der Waals surface area contributed by atoms with Crippen LogP contribution in [-0.4, -0.2) is 9.97 Å². The Morgan fingerprint density at radius 2 is 1.81 bits per heavy atom. The van der Waals surface area contributed by atoms with Crippen molar-refractivity contribution in [2.75, 3.05) is 0 Å². The molecule has 0 unspecified atom stereocenters. The average molecular weight is 394 g/mol. The van der Waals surface area contributed by atoms with Gasteiger partial charge in [-0.2, -0.15) is 4.98 Å². The summed E-state index contributed by atoms with van der Waals surface area (Å²) in [4.78, 5) is 8.47. The van der Waals surface area contributed by atoms with Crippen molar-refractivity contribution in [1.82, 2.24) is 9.97 Å². The molecule has 0 amide bonds. The lowest BCUT2D eigenvalue weighted by molar-refractivity contribution is 0.440. The van der Waals surface area contributed by atoms with E-state index in [4.69, 9.17) is 27.9 Å². The molecular weight excluding hydrogens is 382 g/mol. The van der Waals surface area contributed by atoms with Crippen molar-refractivity contribution in [3.05, 3.63) is 44.5 Å². The highest BCUT2D eigenvalue weighted by Gasteiger charge is 2.20. The number of hydrogen-bond donors (Lipinski definition) is 0. The van der Waals surface area contributed by atoms with E-state index in [1.807, 2.05) is 20.8 Å². The zero-order valence-electron chi connectivity index (χ0n) is 11.5. The Morgan fingerprint density at radius 1 is 1.14 bits per heavy atom. The molecular formula is C14H12BrCl2FN2O. The van der Waals surface area contributed by atoms with Crippen molar-refractivity contribution < 1.29 is 9.13 Å². The minimum atomic E-state index is -0.578. The molecule has 0 spiro atoms. The fourth-order valence-electron chi connectivity index (χ4n) is 1.48. The lowest BCUT2D eigenvalue weighted by Gasteiger charge is -2.17. The van der Waals surface area contributed by atoms with Crippen molar-refractivity contribution in [2.45, 2.75) is 26.2 Å². The van der Waals surface area contributed by atoms with Crippen LogP contribution < -0.4 is 4.74 Å². The van der Waals surface area contributed by atoms with Gasteiger partial charge in [-0.3, -0.25) is 0 Å². The second-order valence-electron chi connectivity index (χ2n) is 5.40. The van der Waals surface area contributed by atoms with Crippen molar-refractivity contribution in [3.8, 4) is 11.6 Å². The summed E-state index contributed by atoms with van der Waals surface area (Å²) >= 11 is 14.9. The number of ether oxygens (including phenoxy) is 1. The molecule has 3 nitrogen and oxygen atoms in total. The van der Waals surface area contributed by atoms with Crippen molar-refractivity contribution in [3.63, 3.8) is 0 Å². The van der Waals surface area contributed by atoms with Gasteiger partial charge in [0.05, 0.1) is 9.50 Å². The maximum atomic E-state index is 13.5. The first-order chi connectivity index (χ1) is 9.66. The van der Waals surface area contributed by atoms with E-state index >= 15 is 0 Å². The molecule has 0 aliphatic carbocycles. The van der Waals surface area contributed by atoms with Crippen LogP contribution in [0.2, 0.25) is 10.2 Å². The van der Waals surface area contributed by atoms with Crippen molar-refractivity contribution >= 4 is 39.1 Å². The molecule has 112 valence electrons. The minimum absolute atomic E-state index is 0.00493. The monoisotopic (exact) mass is 392 g/mol. The quantitative estimate of drug-likeness (QED) is 0.479. The highest BCUT2D eigenvalue weighted by atomic mass is 79.9. The SMILES string of the molecule is CC(C)(C)c1nc(Cl)cc(Oc2cc(F)c(Cl)cc2Br)n1. The van der Waals surface area contributed by atoms with E-state index in [2.05, 4.69) is 25.9 Å². The van der Waals surface area contributed by atoms with Crippen LogP contribution in [0.25, 0.3) is 0 Å². The molecule has 1 heterocycles. The summed E-state index contributed by atoms with van der Waals surface area (Å²) in [5.74, 6) is 0.454. The molecule has 0 atom stereocenters. The van der Waals surface area contributed by atoms with E-state index in [-0.39, 0.29) is 27.2 Å². The van der Waals surface area contributed by atoms with Crippen LogP contribution in [0.3, 0.4) is 0 Å². The van der Waals surface area contributed by atoms with Gasteiger partial charge in [0.2, 0.25) is 5.88 Å². The minimum Gasteiger partial charge on any atom is -0.438 e. The normalized spacial score (nSPS) is 11.6. The first-order valence-electron chi connectivity index (χ1n) is 6.04. The Balaban J connectivity index is 2.40. The third kappa shape index (κ3) is 4.05. The molecule has 0 fully saturated rings. The van der Waals surface area contributed by atoms with Gasteiger partial charge in [0.25, 0.3) is 0 Å². The number of halogens is 4. The zero-order valence-corrected chi connectivity index (χ0v) is 14.6. The molecule has 0 aliphatic rings. The molecule has 2 aromatic rings. The van der Waals surface area contributed by atoms with Gasteiger partial charge in [0.1, 0.15) is 22.5 Å². The van der Waals surface area contributed by atoms with E-state index in [9.17, 15) is 4.39 Å². The number of benzene rings is 1. The Hall–Kier alpha value is -0.910. The summed E-state index contributed by atoms with van der Waals surface area (Å²) in [6.45, 7) is 5.88. The van der Waals surface area contributed by atoms with Crippen LogP contribution in [0.1, 0.15) is 26.6 Å². The Labute approximate surface area is 140 Å². The molecule has 21 heavy (non-hydrogen) atoms. The summed E-state index contributed by atoms with van der Waals surface area (Å²) in [6, 6.07) is 4.06. The van der Waals surface area contributed by atoms with E-state index in [1.54, 1.807) is 0 Å². The third-order valence-corrected chi connectivity index (χ3v) is 3.63. The van der Waals surface area contributed by atoms with Crippen LogP contribution in [-0.2, 0) is 5.41 Å². The molecule has 0 N–H and O–H groups in total. The van der Waals surface area contributed by atoms with Gasteiger partial charge in [-0.15, -0.1) is 0 Å². The third-order valence-electron chi connectivity index (χ3n) is 2.53. The van der Waals surface area contributed by atoms with E-state index < -0.39 is 5.82 Å². The first-order valence-corrected chi connectivity index (χ1v) is 7.59. The number of aromatic nitrogens is 2. The number of hydrogen-bond acceptors (Lipinski definition) is 3. The summed E-state index contributed by atoms with van der Waals surface area (Å²) in [7, 11) is 0. The maximum Gasteiger partial charge on any atom is 0.224 e. The molecule has 0 saturated carbocycles. The highest BCUT2D eigenvalue weighted by Crippen LogP contribution is 2.34. The van der Waals surface area contributed by atoms with E-state index in [0.717, 1.165) is 0 Å². The molecule has 0 radical (unpaired) electrons. The summed E-state index contributed by atoms with van der Waals surface area (Å²) in [5, 5.41) is 0.265. The second kappa shape index (κ2) is 6.07. The van der Waals surface area contributed by atoms with Gasteiger partial charge in [-0.1, -0.05) is 44.0 Å². The Kier molecular flexibility index (Phi) is 4.76. The molecule has 2 rings (SSSR count). The molecule has 0 bridgehead atoms. The van der Waals surface area contributed by atoms with Gasteiger partial charge in [-0.05, 0) is 22.0 Å². The molecule has 1 aromatic carbocycles. The summed E-state index contributed by atoms with van der Waals surface area (Å²) in [5.41, 5.74) is -0.286. The lowest BCUT2D eigenvalue weighted by atomic mass is 9.96. The van der Waals surface area contributed by atoms with Gasteiger partial charge in [-0.25, -0.2) is 9.37 Å². The summed E-state index contributed by atoms with van der Waals surface area (Å²) < 4.78 is 19.6. The van der Waals surface area contributed by atoms with Gasteiger partial charge in [0.15, 0.2) is 0 Å². The van der Waals surface area contributed by atoms with E-state index in [1.165, 1.54) is 18.2 Å². The topological polar surface area (TPSA) is 35.0 Å². The Bertz CT molecular complexity index is 689. The van der Waals surface area contributed by atoms with Crippen molar-refractivity contribution in [1.29, 1.82) is 0 Å². The van der Waals surface area contributed by atoms with Gasteiger partial charge < -0.3 is 4.74 Å². The predicted molar refractivity (Wildman–Crippen MR) is 84.9 cm³/mol. The molecule has 1 aromatic heterocycles. The molecule has 0 aliphatic heterocycles. The van der Waals surface area contributed by atoms with Crippen LogP contribution in [0.15, 0.2) is 22.7 Å². The molecule has 7 heteroatoms. The van der Waals surface area contributed by atoms with Crippen LogP contribution >= 0.6 is 39.1 Å². The van der Waals surface area contributed by atoms with Crippen LogP contribution in [0, 0.1) is 5.82 Å². The zero-order chi connectivity index (χ0) is 15.8. The van der Waals surface area contributed by atoms with Gasteiger partial charge in [0, 0.05) is 17.5 Å². The lowest BCUT2D eigenvalue weighted by Crippen LogP contribution is -2.16. The van der Waals surface area contributed by atoms with E-state index in [0.29, 0.717) is 10.3 Å². The fourth-order valence-corrected chi connectivity index (χ4v) is 2.37.